The van der Waals surface area contributed by atoms with Crippen LogP contribution in [0.2, 0.25) is 16.1 Å². The molecular weight excluding hydrogens is 244 g/mol. The highest BCUT2D eigenvalue weighted by atomic mass is 35.6. The molecule has 0 saturated heterocycles. The topological polar surface area (TPSA) is 0 Å². The second kappa shape index (κ2) is 7.18. The molecule has 0 nitrogen and oxygen atoms in total. The molecule has 0 aliphatic rings. The highest BCUT2D eigenvalue weighted by Crippen LogP contribution is 2.58. The lowest BCUT2D eigenvalue weighted by Gasteiger charge is -2.49. The zero-order valence-corrected chi connectivity index (χ0v) is 14.8. The maximum atomic E-state index is 7.40. The summed E-state index contributed by atoms with van der Waals surface area (Å²) in [5.74, 6) is 0. The Morgan fingerprint density at radius 2 is 1.12 bits per heavy atom. The first kappa shape index (κ1) is 17.5. The molecule has 0 bridgehead atoms. The van der Waals surface area contributed by atoms with Gasteiger partial charge in [0, 0.05) is 0 Å². The summed E-state index contributed by atoms with van der Waals surface area (Å²) in [6.45, 7) is 16.5. The van der Waals surface area contributed by atoms with Crippen LogP contribution in [-0.4, -0.2) is 7.38 Å². The molecular formula is C15H33ClSi. The van der Waals surface area contributed by atoms with Crippen LogP contribution in [0.3, 0.4) is 0 Å². The molecule has 0 amide bonds. The van der Waals surface area contributed by atoms with Crippen molar-refractivity contribution in [1.29, 1.82) is 0 Å². The number of halogens is 1. The fraction of sp³-hybridized carbons (Fsp3) is 1.00. The van der Waals surface area contributed by atoms with E-state index in [9.17, 15) is 0 Å². The van der Waals surface area contributed by atoms with Gasteiger partial charge in [-0.1, -0.05) is 80.6 Å². The van der Waals surface area contributed by atoms with Crippen molar-refractivity contribution in [3.63, 3.8) is 0 Å². The van der Waals surface area contributed by atoms with E-state index in [1.54, 1.807) is 0 Å². The molecule has 0 fully saturated rings. The van der Waals surface area contributed by atoms with Gasteiger partial charge in [0.15, 0.2) is 7.38 Å². The summed E-state index contributed by atoms with van der Waals surface area (Å²) < 4.78 is 0. The molecule has 0 aromatic rings. The Morgan fingerprint density at radius 3 is 1.29 bits per heavy atom. The summed E-state index contributed by atoms with van der Waals surface area (Å²) in [6.07, 6.45) is 6.24. The first-order chi connectivity index (χ1) is 7.85. The maximum Gasteiger partial charge on any atom is 0.168 e. The highest BCUT2D eigenvalue weighted by molar-refractivity contribution is 7.23. The summed E-state index contributed by atoms with van der Waals surface area (Å²) >= 11 is 7.40. The van der Waals surface area contributed by atoms with Gasteiger partial charge in [0.2, 0.25) is 0 Å². The number of hydrogen-bond acceptors (Lipinski definition) is 0. The molecule has 0 N–H and O–H groups in total. The summed E-state index contributed by atoms with van der Waals surface area (Å²) in [5, 5.41) is 0.349. The van der Waals surface area contributed by atoms with E-state index >= 15 is 0 Å². The fourth-order valence-corrected chi connectivity index (χ4v) is 11.5. The molecule has 0 aromatic heterocycles. The van der Waals surface area contributed by atoms with E-state index in [0.717, 1.165) is 11.1 Å². The number of rotatable bonds is 8. The summed E-state index contributed by atoms with van der Waals surface area (Å²) in [5.41, 5.74) is 1.54. The van der Waals surface area contributed by atoms with Crippen LogP contribution >= 0.6 is 11.1 Å². The standard InChI is InChI=1S/C15H33ClSi/c1-8-13(9-2)17(16,14(10-3)11-4)15(6,7)12-5/h13-14H,8-12H2,1-7H3. The Kier molecular flexibility index (Phi) is 7.40. The normalized spacial score (nSPS) is 13.8. The van der Waals surface area contributed by atoms with Crippen molar-refractivity contribution in [3.05, 3.63) is 0 Å². The van der Waals surface area contributed by atoms with Gasteiger partial charge in [0.25, 0.3) is 0 Å². The van der Waals surface area contributed by atoms with Gasteiger partial charge in [-0.25, -0.2) is 0 Å². The molecule has 0 atom stereocenters. The molecule has 0 radical (unpaired) electrons. The van der Waals surface area contributed by atoms with Crippen LogP contribution in [-0.2, 0) is 0 Å². The van der Waals surface area contributed by atoms with E-state index in [4.69, 9.17) is 11.1 Å². The van der Waals surface area contributed by atoms with Crippen LogP contribution in [0.5, 0.6) is 0 Å². The van der Waals surface area contributed by atoms with Crippen molar-refractivity contribution in [2.75, 3.05) is 0 Å². The minimum atomic E-state index is -1.76. The zero-order chi connectivity index (χ0) is 13.7. The number of hydrogen-bond donors (Lipinski definition) is 0. The minimum absolute atomic E-state index is 0.349. The van der Waals surface area contributed by atoms with E-state index < -0.39 is 7.38 Å². The molecule has 0 aliphatic heterocycles. The second-order valence-corrected chi connectivity index (χ2v) is 12.4. The van der Waals surface area contributed by atoms with E-state index in [1.165, 1.54) is 32.1 Å². The molecule has 0 heterocycles. The first-order valence-corrected chi connectivity index (χ1v) is 10.7. The van der Waals surface area contributed by atoms with E-state index in [1.807, 2.05) is 0 Å². The molecule has 2 heteroatoms. The Hall–Kier alpha value is 0.507. The van der Waals surface area contributed by atoms with Gasteiger partial charge in [-0.05, 0) is 16.1 Å². The van der Waals surface area contributed by atoms with Crippen molar-refractivity contribution in [3.8, 4) is 0 Å². The minimum Gasteiger partial charge on any atom is -0.166 e. The van der Waals surface area contributed by atoms with Gasteiger partial charge in [0.05, 0.1) is 0 Å². The Bertz CT molecular complexity index is 193. The smallest absolute Gasteiger partial charge is 0.166 e. The Labute approximate surface area is 115 Å². The molecule has 0 unspecified atom stereocenters. The van der Waals surface area contributed by atoms with Crippen molar-refractivity contribution >= 4 is 18.5 Å². The molecule has 0 aromatic carbocycles. The maximum absolute atomic E-state index is 7.40. The molecule has 0 rings (SSSR count). The predicted octanol–water partition coefficient (Wildman–Crippen LogP) is 6.74. The monoisotopic (exact) mass is 276 g/mol. The molecule has 17 heavy (non-hydrogen) atoms. The van der Waals surface area contributed by atoms with Crippen LogP contribution in [0.4, 0.5) is 0 Å². The third-order valence-electron chi connectivity index (χ3n) is 5.08. The predicted molar refractivity (Wildman–Crippen MR) is 84.6 cm³/mol. The largest absolute Gasteiger partial charge is 0.168 e. The molecule has 0 saturated carbocycles. The van der Waals surface area contributed by atoms with Crippen LogP contribution in [0, 0.1) is 0 Å². The Balaban J connectivity index is 5.48. The average Bonchev–Trinajstić information content (AvgIpc) is 2.31. The quantitative estimate of drug-likeness (QED) is 0.340. The molecule has 0 spiro atoms. The lowest BCUT2D eigenvalue weighted by Crippen LogP contribution is -2.48. The third-order valence-corrected chi connectivity index (χ3v) is 14.9. The summed E-state index contributed by atoms with van der Waals surface area (Å²) in [4.78, 5) is 0. The second-order valence-electron chi connectivity index (χ2n) is 6.03. The molecule has 0 aliphatic carbocycles. The zero-order valence-electron chi connectivity index (χ0n) is 13.1. The molecule has 104 valence electrons. The van der Waals surface area contributed by atoms with E-state index in [0.29, 0.717) is 5.04 Å². The summed E-state index contributed by atoms with van der Waals surface area (Å²) in [6, 6.07) is 0. The van der Waals surface area contributed by atoms with Gasteiger partial charge < -0.3 is 0 Å². The van der Waals surface area contributed by atoms with Crippen molar-refractivity contribution in [2.24, 2.45) is 0 Å². The van der Waals surface area contributed by atoms with Gasteiger partial charge in [-0.2, -0.15) is 11.1 Å². The Morgan fingerprint density at radius 1 is 0.824 bits per heavy atom. The van der Waals surface area contributed by atoms with Crippen LogP contribution in [0.1, 0.15) is 80.6 Å². The van der Waals surface area contributed by atoms with Crippen LogP contribution in [0.15, 0.2) is 0 Å². The van der Waals surface area contributed by atoms with E-state index in [-0.39, 0.29) is 0 Å². The summed E-state index contributed by atoms with van der Waals surface area (Å²) in [7, 11) is -1.76. The van der Waals surface area contributed by atoms with Crippen molar-refractivity contribution in [1.82, 2.24) is 0 Å². The van der Waals surface area contributed by atoms with Gasteiger partial charge in [-0.3, -0.25) is 0 Å². The van der Waals surface area contributed by atoms with Crippen LogP contribution in [0.25, 0.3) is 0 Å². The fourth-order valence-electron chi connectivity index (χ4n) is 3.48. The SMILES string of the molecule is CCC(CC)[Si](Cl)(C(CC)CC)C(C)(C)CC. The van der Waals surface area contributed by atoms with Crippen LogP contribution < -0.4 is 0 Å². The van der Waals surface area contributed by atoms with Gasteiger partial charge >= 0.3 is 0 Å². The lowest BCUT2D eigenvalue weighted by atomic mass is 10.1. The average molecular weight is 277 g/mol. The van der Waals surface area contributed by atoms with Gasteiger partial charge in [-0.15, -0.1) is 0 Å². The van der Waals surface area contributed by atoms with Crippen molar-refractivity contribution < 1.29 is 0 Å². The first-order valence-electron chi connectivity index (χ1n) is 7.54. The lowest BCUT2D eigenvalue weighted by molar-refractivity contribution is 0.552. The highest BCUT2D eigenvalue weighted by Gasteiger charge is 2.53. The van der Waals surface area contributed by atoms with E-state index in [2.05, 4.69) is 48.5 Å². The van der Waals surface area contributed by atoms with Crippen molar-refractivity contribution in [2.45, 2.75) is 96.7 Å². The third kappa shape index (κ3) is 3.29. The van der Waals surface area contributed by atoms with Gasteiger partial charge in [0.1, 0.15) is 0 Å².